The molecule has 24 heavy (non-hydrogen) atoms. The Morgan fingerprint density at radius 1 is 1.08 bits per heavy atom. The molecule has 0 radical (unpaired) electrons. The Hall–Kier alpha value is -2.47. The number of benzene rings is 1. The van der Waals surface area contributed by atoms with Crippen LogP contribution in [0.15, 0.2) is 36.4 Å². The summed E-state index contributed by atoms with van der Waals surface area (Å²) in [6.07, 6.45) is 0.721. The second-order valence-corrected chi connectivity index (χ2v) is 6.41. The van der Waals surface area contributed by atoms with Crippen LogP contribution in [0, 0.1) is 6.92 Å². The molecule has 0 unspecified atom stereocenters. The van der Waals surface area contributed by atoms with E-state index in [1.807, 2.05) is 31.2 Å². The van der Waals surface area contributed by atoms with Gasteiger partial charge in [0.05, 0.1) is 4.88 Å². The minimum atomic E-state index is -0.596. The van der Waals surface area contributed by atoms with Gasteiger partial charge in [-0.05, 0) is 43.5 Å². The van der Waals surface area contributed by atoms with Crippen LogP contribution in [0.2, 0.25) is 0 Å². The molecule has 1 amide bonds. The van der Waals surface area contributed by atoms with Crippen LogP contribution in [0.1, 0.15) is 37.4 Å². The first-order valence-corrected chi connectivity index (χ1v) is 8.38. The van der Waals surface area contributed by atoms with Gasteiger partial charge in [-0.2, -0.15) is 0 Å². The number of carbonyl (C=O) groups excluding carboxylic acids is 3. The van der Waals surface area contributed by atoms with Gasteiger partial charge in [-0.25, -0.2) is 4.79 Å². The number of esters is 1. The van der Waals surface area contributed by atoms with Crippen LogP contribution in [0.25, 0.3) is 0 Å². The number of ether oxygens (including phenoxy) is 1. The van der Waals surface area contributed by atoms with Crippen LogP contribution in [0.5, 0.6) is 0 Å². The van der Waals surface area contributed by atoms with Crippen LogP contribution < -0.4 is 5.32 Å². The summed E-state index contributed by atoms with van der Waals surface area (Å²) in [6.45, 7) is 3.60. The second-order valence-electron chi connectivity index (χ2n) is 5.32. The maximum Gasteiger partial charge on any atom is 0.348 e. The van der Waals surface area contributed by atoms with Crippen molar-refractivity contribution in [2.75, 3.05) is 13.2 Å². The molecular formula is C18H19NO4S. The van der Waals surface area contributed by atoms with Crippen molar-refractivity contribution in [3.8, 4) is 0 Å². The molecule has 0 spiro atoms. The maximum atomic E-state index is 11.8. The average Bonchev–Trinajstić information content (AvgIpc) is 3.05. The number of Topliss-reactive ketones (excluding diaryl/α,β-unsaturated/α-hetero) is 1. The number of ketones is 1. The first-order chi connectivity index (χ1) is 11.5. The van der Waals surface area contributed by atoms with Gasteiger partial charge in [0.25, 0.3) is 5.91 Å². The zero-order chi connectivity index (χ0) is 17.5. The van der Waals surface area contributed by atoms with E-state index in [-0.39, 0.29) is 18.3 Å². The molecule has 0 fully saturated rings. The van der Waals surface area contributed by atoms with Crippen LogP contribution >= 0.6 is 11.3 Å². The van der Waals surface area contributed by atoms with Crippen molar-refractivity contribution in [2.24, 2.45) is 0 Å². The highest BCUT2D eigenvalue weighted by Crippen LogP contribution is 2.17. The van der Waals surface area contributed by atoms with Crippen molar-refractivity contribution >= 4 is 29.0 Å². The summed E-state index contributed by atoms with van der Waals surface area (Å²) < 4.78 is 4.96. The fraction of sp³-hybridized carbons (Fsp3) is 0.278. The summed E-state index contributed by atoms with van der Waals surface area (Å²) in [6, 6.07) is 11.1. The van der Waals surface area contributed by atoms with Gasteiger partial charge in [-0.15, -0.1) is 11.3 Å². The number of hydrogen-bond acceptors (Lipinski definition) is 5. The van der Waals surface area contributed by atoms with Gasteiger partial charge >= 0.3 is 5.97 Å². The Morgan fingerprint density at radius 2 is 1.79 bits per heavy atom. The summed E-state index contributed by atoms with van der Waals surface area (Å²) in [5, 5.41) is 2.72. The molecule has 5 nitrogen and oxygen atoms in total. The molecule has 0 saturated carbocycles. The summed E-state index contributed by atoms with van der Waals surface area (Å²) in [4.78, 5) is 35.6. The molecule has 2 aromatic rings. The van der Waals surface area contributed by atoms with E-state index in [9.17, 15) is 14.4 Å². The van der Waals surface area contributed by atoms with Crippen LogP contribution in [-0.4, -0.2) is 30.8 Å². The highest BCUT2D eigenvalue weighted by Gasteiger charge is 2.14. The van der Waals surface area contributed by atoms with E-state index in [0.29, 0.717) is 16.3 Å². The Morgan fingerprint density at radius 3 is 2.46 bits per heavy atom. The van der Waals surface area contributed by atoms with E-state index >= 15 is 0 Å². The monoisotopic (exact) mass is 345 g/mol. The zero-order valence-electron chi connectivity index (χ0n) is 13.6. The Labute approximate surface area is 144 Å². The van der Waals surface area contributed by atoms with Gasteiger partial charge in [-0.1, -0.05) is 24.3 Å². The molecule has 0 aliphatic carbocycles. The Balaban J connectivity index is 1.73. The van der Waals surface area contributed by atoms with Crippen molar-refractivity contribution in [1.29, 1.82) is 0 Å². The minimum Gasteiger partial charge on any atom is -0.451 e. The van der Waals surface area contributed by atoms with Crippen LogP contribution in [0.3, 0.4) is 0 Å². The van der Waals surface area contributed by atoms with E-state index in [0.717, 1.165) is 17.8 Å². The number of hydrogen-bond donors (Lipinski definition) is 1. The largest absolute Gasteiger partial charge is 0.451 e. The molecule has 0 atom stereocenters. The van der Waals surface area contributed by atoms with Gasteiger partial charge in [0.2, 0.25) is 0 Å². The molecule has 0 aliphatic heterocycles. The molecule has 0 aliphatic rings. The van der Waals surface area contributed by atoms with E-state index in [1.165, 1.54) is 24.1 Å². The fourth-order valence-electron chi connectivity index (χ4n) is 2.12. The first kappa shape index (κ1) is 17.9. The quantitative estimate of drug-likeness (QED) is 0.619. The van der Waals surface area contributed by atoms with Crippen LogP contribution in [-0.2, 0) is 16.0 Å². The summed E-state index contributed by atoms with van der Waals surface area (Å²) in [7, 11) is 0. The third-order valence-corrected chi connectivity index (χ3v) is 4.63. The third-order valence-electron chi connectivity index (χ3n) is 3.47. The van der Waals surface area contributed by atoms with Gasteiger partial charge in [0.15, 0.2) is 12.4 Å². The average molecular weight is 345 g/mol. The van der Waals surface area contributed by atoms with Crippen molar-refractivity contribution < 1.29 is 19.1 Å². The molecule has 0 saturated heterocycles. The van der Waals surface area contributed by atoms with E-state index in [1.54, 1.807) is 6.07 Å². The zero-order valence-corrected chi connectivity index (χ0v) is 14.4. The number of nitrogens with one attached hydrogen (secondary N) is 1. The molecule has 0 bridgehead atoms. The summed E-state index contributed by atoms with van der Waals surface area (Å²) in [5.74, 6) is -1.05. The first-order valence-electron chi connectivity index (χ1n) is 7.56. The molecule has 6 heteroatoms. The molecule has 2 rings (SSSR count). The number of rotatable bonds is 7. The predicted octanol–water partition coefficient (Wildman–Crippen LogP) is 2.77. The SMILES string of the molecule is CC(=O)c1ccc(C(=O)OCC(=O)NCCc2ccccc2C)s1. The standard InChI is InChI=1S/C18H19NO4S/c1-12-5-3-4-6-14(12)9-10-19-17(21)11-23-18(22)16-8-7-15(24-16)13(2)20/h3-8H,9-11H2,1-2H3,(H,19,21). The summed E-state index contributed by atoms with van der Waals surface area (Å²) in [5.41, 5.74) is 2.35. The molecule has 1 aromatic heterocycles. The number of amides is 1. The van der Waals surface area contributed by atoms with Crippen molar-refractivity contribution in [1.82, 2.24) is 5.32 Å². The Bertz CT molecular complexity index is 751. The lowest BCUT2D eigenvalue weighted by atomic mass is 10.1. The third kappa shape index (κ3) is 5.03. The van der Waals surface area contributed by atoms with Crippen LogP contribution in [0.4, 0.5) is 0 Å². The van der Waals surface area contributed by atoms with Gasteiger partial charge in [-0.3, -0.25) is 9.59 Å². The maximum absolute atomic E-state index is 11.8. The highest BCUT2D eigenvalue weighted by molar-refractivity contribution is 7.15. The van der Waals surface area contributed by atoms with Crippen molar-refractivity contribution in [3.05, 3.63) is 57.3 Å². The van der Waals surface area contributed by atoms with Crippen molar-refractivity contribution in [2.45, 2.75) is 20.3 Å². The van der Waals surface area contributed by atoms with Gasteiger partial charge in [0.1, 0.15) is 4.88 Å². The topological polar surface area (TPSA) is 72.5 Å². The minimum absolute atomic E-state index is 0.104. The van der Waals surface area contributed by atoms with Gasteiger partial charge in [0, 0.05) is 6.54 Å². The fourth-order valence-corrected chi connectivity index (χ4v) is 2.91. The lowest BCUT2D eigenvalue weighted by Crippen LogP contribution is -2.30. The molecular weight excluding hydrogens is 326 g/mol. The highest BCUT2D eigenvalue weighted by atomic mass is 32.1. The van der Waals surface area contributed by atoms with Gasteiger partial charge < -0.3 is 10.1 Å². The number of aryl methyl sites for hydroxylation is 1. The predicted molar refractivity (Wildman–Crippen MR) is 92.5 cm³/mol. The smallest absolute Gasteiger partial charge is 0.348 e. The normalized spacial score (nSPS) is 10.2. The molecule has 1 aromatic carbocycles. The molecule has 1 N–H and O–H groups in total. The molecule has 126 valence electrons. The summed E-state index contributed by atoms with van der Waals surface area (Å²) >= 11 is 1.06. The lowest BCUT2D eigenvalue weighted by molar-refractivity contribution is -0.124. The van der Waals surface area contributed by atoms with E-state index in [4.69, 9.17) is 4.74 Å². The number of carbonyl (C=O) groups is 3. The van der Waals surface area contributed by atoms with Crippen molar-refractivity contribution in [3.63, 3.8) is 0 Å². The molecule has 1 heterocycles. The van der Waals surface area contributed by atoms with E-state index < -0.39 is 5.97 Å². The number of thiophene rings is 1. The second kappa shape index (κ2) is 8.40. The van der Waals surface area contributed by atoms with E-state index in [2.05, 4.69) is 5.32 Å². The lowest BCUT2D eigenvalue weighted by Gasteiger charge is -2.07. The Kier molecular flexibility index (Phi) is 6.26.